The minimum Gasteiger partial charge on any atom is -0.339 e. The number of aromatic nitrogens is 2. The second kappa shape index (κ2) is 6.25. The van der Waals surface area contributed by atoms with Crippen LogP contribution in [-0.2, 0) is 6.42 Å². The number of piperazine rings is 1. The number of hydrogen-bond donors (Lipinski definition) is 1. The monoisotopic (exact) mass is 306 g/mol. The third kappa shape index (κ3) is 3.51. The van der Waals surface area contributed by atoms with E-state index in [9.17, 15) is 0 Å². The van der Waals surface area contributed by atoms with Crippen LogP contribution in [0.5, 0.6) is 0 Å². The predicted octanol–water partition coefficient (Wildman–Crippen LogP) is 2.41. The van der Waals surface area contributed by atoms with Crippen molar-refractivity contribution in [2.45, 2.75) is 32.2 Å². The molecular weight excluding hydrogens is 284 g/mol. The van der Waals surface area contributed by atoms with Crippen LogP contribution in [0.2, 0.25) is 0 Å². The molecule has 0 bridgehead atoms. The van der Waals surface area contributed by atoms with Crippen molar-refractivity contribution in [2.24, 2.45) is 0 Å². The van der Waals surface area contributed by atoms with Gasteiger partial charge in [0.2, 0.25) is 11.7 Å². The van der Waals surface area contributed by atoms with E-state index < -0.39 is 0 Å². The van der Waals surface area contributed by atoms with Crippen LogP contribution in [0.1, 0.15) is 26.2 Å². The van der Waals surface area contributed by atoms with Crippen molar-refractivity contribution in [1.82, 2.24) is 20.4 Å². The van der Waals surface area contributed by atoms with E-state index in [0.717, 1.165) is 49.8 Å². The van der Waals surface area contributed by atoms with Crippen LogP contribution < -0.4 is 5.32 Å². The minimum atomic E-state index is 0.231. The molecule has 2 aromatic rings. The lowest BCUT2D eigenvalue weighted by molar-refractivity contribution is 0.0888. The second-order valence-electron chi connectivity index (χ2n) is 6.07. The normalized spacial score (nSPS) is 19.0. The van der Waals surface area contributed by atoms with Crippen LogP contribution >= 0.6 is 11.3 Å². The number of thiophene rings is 1. The highest BCUT2D eigenvalue weighted by atomic mass is 32.1. The summed E-state index contributed by atoms with van der Waals surface area (Å²) >= 11 is 1.64. The summed E-state index contributed by atoms with van der Waals surface area (Å²) in [6, 6.07) is 4.02. The van der Waals surface area contributed by atoms with E-state index >= 15 is 0 Å². The van der Waals surface area contributed by atoms with Crippen LogP contribution in [0.25, 0.3) is 10.7 Å². The Morgan fingerprint density at radius 1 is 1.48 bits per heavy atom. The van der Waals surface area contributed by atoms with Gasteiger partial charge in [-0.05, 0) is 38.3 Å². The van der Waals surface area contributed by atoms with Gasteiger partial charge in [0, 0.05) is 31.6 Å². The number of rotatable bonds is 5. The summed E-state index contributed by atoms with van der Waals surface area (Å²) in [5.74, 6) is 1.45. The third-order valence-corrected chi connectivity index (χ3v) is 4.87. The van der Waals surface area contributed by atoms with Crippen molar-refractivity contribution >= 4 is 11.3 Å². The Morgan fingerprint density at radius 3 is 3.14 bits per heavy atom. The molecule has 1 N–H and O–H groups in total. The van der Waals surface area contributed by atoms with Gasteiger partial charge in [-0.2, -0.15) is 4.98 Å². The minimum absolute atomic E-state index is 0.231. The quantitative estimate of drug-likeness (QED) is 0.919. The van der Waals surface area contributed by atoms with E-state index in [2.05, 4.69) is 34.2 Å². The Labute approximate surface area is 129 Å². The van der Waals surface area contributed by atoms with Gasteiger partial charge in [0.25, 0.3) is 0 Å². The molecule has 114 valence electrons. The lowest BCUT2D eigenvalue weighted by Gasteiger charge is -2.42. The Balaban J connectivity index is 1.51. The molecule has 3 rings (SSSR count). The van der Waals surface area contributed by atoms with Gasteiger partial charge in [-0.1, -0.05) is 11.2 Å². The topological polar surface area (TPSA) is 54.2 Å². The Kier molecular flexibility index (Phi) is 4.37. The van der Waals surface area contributed by atoms with Gasteiger partial charge < -0.3 is 9.84 Å². The lowest BCUT2D eigenvalue weighted by Crippen LogP contribution is -2.58. The molecule has 0 aliphatic carbocycles. The lowest BCUT2D eigenvalue weighted by atomic mass is 10.00. The molecule has 6 heteroatoms. The summed E-state index contributed by atoms with van der Waals surface area (Å²) < 4.78 is 5.34. The molecule has 0 radical (unpaired) electrons. The van der Waals surface area contributed by atoms with Crippen LogP contribution in [0.3, 0.4) is 0 Å². The first-order chi connectivity index (χ1) is 10.1. The highest BCUT2D eigenvalue weighted by molar-refractivity contribution is 7.13. The maximum Gasteiger partial charge on any atom is 0.227 e. The van der Waals surface area contributed by atoms with E-state index in [1.807, 2.05) is 17.5 Å². The summed E-state index contributed by atoms with van der Waals surface area (Å²) in [6.07, 6.45) is 1.90. The number of nitrogens with zero attached hydrogens (tertiary/aromatic N) is 3. The molecule has 0 amide bonds. The van der Waals surface area contributed by atoms with Gasteiger partial charge in [-0.25, -0.2) is 0 Å². The van der Waals surface area contributed by atoms with Gasteiger partial charge in [-0.3, -0.25) is 4.90 Å². The molecule has 5 nitrogen and oxygen atoms in total. The smallest absolute Gasteiger partial charge is 0.227 e. The molecule has 1 aliphatic rings. The van der Waals surface area contributed by atoms with Gasteiger partial charge in [-0.15, -0.1) is 11.3 Å². The van der Waals surface area contributed by atoms with Crippen LogP contribution in [0, 0.1) is 0 Å². The maximum absolute atomic E-state index is 5.34. The zero-order valence-corrected chi connectivity index (χ0v) is 13.4. The van der Waals surface area contributed by atoms with Gasteiger partial charge in [0.05, 0.1) is 4.88 Å². The van der Waals surface area contributed by atoms with Crippen molar-refractivity contribution in [3.63, 3.8) is 0 Å². The summed E-state index contributed by atoms with van der Waals surface area (Å²) in [4.78, 5) is 8.08. The molecule has 1 fully saturated rings. The zero-order chi connectivity index (χ0) is 14.7. The van der Waals surface area contributed by atoms with Gasteiger partial charge in [0.1, 0.15) is 0 Å². The molecule has 1 aliphatic heterocycles. The van der Waals surface area contributed by atoms with Gasteiger partial charge in [0.15, 0.2) is 0 Å². The average Bonchev–Trinajstić information content (AvgIpc) is 3.10. The van der Waals surface area contributed by atoms with E-state index in [-0.39, 0.29) is 5.54 Å². The van der Waals surface area contributed by atoms with E-state index in [4.69, 9.17) is 4.52 Å². The molecule has 3 heterocycles. The van der Waals surface area contributed by atoms with Crippen molar-refractivity contribution in [3.8, 4) is 10.7 Å². The standard InChI is InChI=1S/C15H22N4OS/c1-15(2)11-16-7-9-19(15)8-3-6-13-17-14(18-20-13)12-5-4-10-21-12/h4-5,10,16H,3,6-9,11H2,1-2H3. The molecule has 0 unspecified atom stereocenters. The zero-order valence-electron chi connectivity index (χ0n) is 12.6. The third-order valence-electron chi connectivity index (χ3n) is 4.00. The maximum atomic E-state index is 5.34. The Bertz CT molecular complexity index is 564. The summed E-state index contributed by atoms with van der Waals surface area (Å²) in [5, 5.41) is 9.53. The molecule has 2 aromatic heterocycles. The van der Waals surface area contributed by atoms with Gasteiger partial charge >= 0.3 is 0 Å². The van der Waals surface area contributed by atoms with Crippen molar-refractivity contribution < 1.29 is 4.52 Å². The SMILES string of the molecule is CC1(C)CNCCN1CCCc1nc(-c2cccs2)no1. The molecule has 0 saturated carbocycles. The second-order valence-corrected chi connectivity index (χ2v) is 7.02. The average molecular weight is 306 g/mol. The molecule has 0 aromatic carbocycles. The molecule has 0 spiro atoms. The summed E-state index contributed by atoms with van der Waals surface area (Å²) in [5.41, 5.74) is 0.231. The van der Waals surface area contributed by atoms with Crippen LogP contribution in [0.4, 0.5) is 0 Å². The molecule has 21 heavy (non-hydrogen) atoms. The Morgan fingerprint density at radius 2 is 2.38 bits per heavy atom. The fourth-order valence-corrected chi connectivity index (χ4v) is 3.37. The van der Waals surface area contributed by atoms with Crippen LogP contribution in [0.15, 0.2) is 22.0 Å². The first kappa shape index (κ1) is 14.7. The number of hydrogen-bond acceptors (Lipinski definition) is 6. The largest absolute Gasteiger partial charge is 0.339 e. The highest BCUT2D eigenvalue weighted by Gasteiger charge is 2.28. The van der Waals surface area contributed by atoms with Crippen LogP contribution in [-0.4, -0.2) is 46.8 Å². The van der Waals surface area contributed by atoms with E-state index in [1.54, 1.807) is 11.3 Å². The Hall–Kier alpha value is -1.24. The number of aryl methyl sites for hydroxylation is 1. The first-order valence-electron chi connectivity index (χ1n) is 7.47. The summed E-state index contributed by atoms with van der Waals surface area (Å²) in [7, 11) is 0. The fourth-order valence-electron chi connectivity index (χ4n) is 2.72. The first-order valence-corrected chi connectivity index (χ1v) is 8.35. The van der Waals surface area contributed by atoms with Crippen molar-refractivity contribution in [1.29, 1.82) is 0 Å². The van der Waals surface area contributed by atoms with Crippen molar-refractivity contribution in [2.75, 3.05) is 26.2 Å². The number of nitrogens with one attached hydrogen (secondary N) is 1. The highest BCUT2D eigenvalue weighted by Crippen LogP contribution is 2.22. The van der Waals surface area contributed by atoms with E-state index in [0.29, 0.717) is 5.82 Å². The molecule has 1 saturated heterocycles. The molecular formula is C15H22N4OS. The summed E-state index contributed by atoms with van der Waals surface area (Å²) in [6.45, 7) is 8.90. The van der Waals surface area contributed by atoms with E-state index in [1.165, 1.54) is 0 Å². The predicted molar refractivity (Wildman–Crippen MR) is 84.5 cm³/mol. The fraction of sp³-hybridized carbons (Fsp3) is 0.600. The van der Waals surface area contributed by atoms with Crippen molar-refractivity contribution in [3.05, 3.63) is 23.4 Å². The molecule has 0 atom stereocenters.